The number of anilines is 2. The lowest BCUT2D eigenvalue weighted by Gasteiger charge is -2.21. The first-order valence-electron chi connectivity index (χ1n) is 6.52. The molecule has 0 saturated carbocycles. The molecule has 2 aromatic carbocycles. The Hall–Kier alpha value is -3.02. The molecule has 0 fully saturated rings. The number of nitrogens with zero attached hydrogens (tertiary/aromatic N) is 1. The number of amides is 2. The second-order valence-corrected chi connectivity index (χ2v) is 4.61. The van der Waals surface area contributed by atoms with Gasteiger partial charge in [0.25, 0.3) is 5.91 Å². The molecule has 2 aromatic rings. The number of rotatable bonds is 3. The highest BCUT2D eigenvalue weighted by molar-refractivity contribution is 6.22. The Morgan fingerprint density at radius 2 is 1.77 bits per heavy atom. The summed E-state index contributed by atoms with van der Waals surface area (Å²) in [6, 6.07) is 10.7. The number of phenolic OH excluding ortho intramolecular Hbond substituents is 1. The molecule has 0 aliphatic heterocycles. The maximum atomic E-state index is 12.7. The molecular formula is C16H16N2O4. The molecule has 0 aliphatic carbocycles. The number of hydrogen-bond acceptors (Lipinski definition) is 5. The largest absolute Gasteiger partial charge is 0.507 e. The van der Waals surface area contributed by atoms with Gasteiger partial charge in [0.2, 0.25) is 5.91 Å². The van der Waals surface area contributed by atoms with Gasteiger partial charge in [-0.3, -0.25) is 9.59 Å². The van der Waals surface area contributed by atoms with Crippen LogP contribution in [0.1, 0.15) is 17.3 Å². The second kappa shape index (κ2) is 6.17. The van der Waals surface area contributed by atoms with Gasteiger partial charge in [-0.2, -0.15) is 0 Å². The number of carbonyl (C=O) groups is 2. The van der Waals surface area contributed by atoms with E-state index in [0.717, 1.165) is 4.90 Å². The van der Waals surface area contributed by atoms with Crippen molar-refractivity contribution in [1.29, 1.82) is 0 Å². The van der Waals surface area contributed by atoms with Crippen molar-refractivity contribution in [1.82, 2.24) is 0 Å². The van der Waals surface area contributed by atoms with Crippen LogP contribution in [0.2, 0.25) is 0 Å². The molecule has 6 nitrogen and oxygen atoms in total. The summed E-state index contributed by atoms with van der Waals surface area (Å²) in [5, 5.41) is 9.96. The lowest BCUT2D eigenvalue weighted by molar-refractivity contribution is -0.115. The molecule has 0 heterocycles. The molecule has 0 bridgehead atoms. The van der Waals surface area contributed by atoms with Crippen LogP contribution in [0, 0.1) is 0 Å². The number of hydrogen-bond donors (Lipinski definition) is 2. The highest BCUT2D eigenvalue weighted by atomic mass is 16.5. The summed E-state index contributed by atoms with van der Waals surface area (Å²) in [5.41, 5.74) is 6.41. The number of ether oxygens (including phenoxy) is 1. The zero-order valence-electron chi connectivity index (χ0n) is 12.2. The van der Waals surface area contributed by atoms with Crippen LogP contribution in [-0.4, -0.2) is 24.0 Å². The van der Waals surface area contributed by atoms with Crippen molar-refractivity contribution in [2.75, 3.05) is 17.7 Å². The van der Waals surface area contributed by atoms with E-state index < -0.39 is 11.8 Å². The van der Waals surface area contributed by atoms with E-state index in [-0.39, 0.29) is 17.1 Å². The van der Waals surface area contributed by atoms with E-state index >= 15 is 0 Å². The average Bonchev–Trinajstić information content (AvgIpc) is 2.48. The number of benzene rings is 2. The molecule has 0 aliphatic rings. The van der Waals surface area contributed by atoms with Gasteiger partial charge in [-0.15, -0.1) is 0 Å². The SMILES string of the molecule is COc1cccc(O)c1C(=O)N(C(C)=O)c1ccc(N)cc1. The van der Waals surface area contributed by atoms with Crippen molar-refractivity contribution in [2.45, 2.75) is 6.92 Å². The molecule has 2 rings (SSSR count). The van der Waals surface area contributed by atoms with Crippen molar-refractivity contribution in [2.24, 2.45) is 0 Å². The highest BCUT2D eigenvalue weighted by Crippen LogP contribution is 2.30. The fraction of sp³-hybridized carbons (Fsp3) is 0.125. The van der Waals surface area contributed by atoms with E-state index in [1.165, 1.54) is 26.2 Å². The van der Waals surface area contributed by atoms with Gasteiger partial charge in [-0.05, 0) is 36.4 Å². The van der Waals surface area contributed by atoms with E-state index in [0.29, 0.717) is 11.4 Å². The Balaban J connectivity index is 2.53. The first-order chi connectivity index (χ1) is 10.5. The minimum atomic E-state index is -0.674. The fourth-order valence-electron chi connectivity index (χ4n) is 2.08. The molecule has 114 valence electrons. The quantitative estimate of drug-likeness (QED) is 0.847. The molecule has 3 N–H and O–H groups in total. The van der Waals surface area contributed by atoms with Crippen molar-refractivity contribution >= 4 is 23.2 Å². The predicted octanol–water partition coefficient (Wildman–Crippen LogP) is 2.18. The number of imide groups is 1. The van der Waals surface area contributed by atoms with Crippen LogP contribution in [0.25, 0.3) is 0 Å². The van der Waals surface area contributed by atoms with Crippen LogP contribution in [0.5, 0.6) is 11.5 Å². The van der Waals surface area contributed by atoms with Crippen LogP contribution < -0.4 is 15.4 Å². The summed E-state index contributed by atoms with van der Waals surface area (Å²) in [4.78, 5) is 25.6. The summed E-state index contributed by atoms with van der Waals surface area (Å²) < 4.78 is 5.09. The number of nitrogen functional groups attached to an aromatic ring is 1. The smallest absolute Gasteiger partial charge is 0.272 e. The normalized spacial score (nSPS) is 10.1. The molecule has 0 saturated heterocycles. The van der Waals surface area contributed by atoms with E-state index in [1.54, 1.807) is 30.3 Å². The van der Waals surface area contributed by atoms with Crippen LogP contribution in [-0.2, 0) is 4.79 Å². The summed E-state index contributed by atoms with van der Waals surface area (Å²) >= 11 is 0. The minimum absolute atomic E-state index is 0.0722. The van der Waals surface area contributed by atoms with E-state index in [9.17, 15) is 14.7 Å². The first kappa shape index (κ1) is 15.4. The topological polar surface area (TPSA) is 92.9 Å². The first-order valence-corrected chi connectivity index (χ1v) is 6.52. The van der Waals surface area contributed by atoms with Crippen LogP contribution in [0.4, 0.5) is 11.4 Å². The Morgan fingerprint density at radius 1 is 1.14 bits per heavy atom. The molecule has 0 spiro atoms. The highest BCUT2D eigenvalue weighted by Gasteiger charge is 2.27. The fourth-order valence-corrected chi connectivity index (χ4v) is 2.08. The number of carbonyl (C=O) groups excluding carboxylic acids is 2. The number of methoxy groups -OCH3 is 1. The number of nitrogens with two attached hydrogens (primary N) is 1. The molecule has 22 heavy (non-hydrogen) atoms. The zero-order valence-corrected chi connectivity index (χ0v) is 12.2. The third-order valence-corrected chi connectivity index (χ3v) is 3.11. The van der Waals surface area contributed by atoms with Gasteiger partial charge < -0.3 is 15.6 Å². The molecule has 6 heteroatoms. The number of phenols is 1. The van der Waals surface area contributed by atoms with E-state index in [4.69, 9.17) is 10.5 Å². The van der Waals surface area contributed by atoms with Crippen molar-refractivity contribution < 1.29 is 19.4 Å². The van der Waals surface area contributed by atoms with Gasteiger partial charge in [0.1, 0.15) is 17.1 Å². The summed E-state index contributed by atoms with van der Waals surface area (Å²) in [6.07, 6.45) is 0. The monoisotopic (exact) mass is 300 g/mol. The Kier molecular flexibility index (Phi) is 4.31. The van der Waals surface area contributed by atoms with Gasteiger partial charge >= 0.3 is 0 Å². The maximum absolute atomic E-state index is 12.7. The van der Waals surface area contributed by atoms with Crippen LogP contribution in [0.15, 0.2) is 42.5 Å². The Labute approximate surface area is 127 Å². The summed E-state index contributed by atoms with van der Waals surface area (Å²) in [7, 11) is 1.38. The van der Waals surface area contributed by atoms with Gasteiger partial charge in [0.15, 0.2) is 0 Å². The second-order valence-electron chi connectivity index (χ2n) is 4.61. The lowest BCUT2D eigenvalue weighted by atomic mass is 10.1. The van der Waals surface area contributed by atoms with Gasteiger partial charge in [-0.1, -0.05) is 6.07 Å². The predicted molar refractivity (Wildman–Crippen MR) is 83.0 cm³/mol. The van der Waals surface area contributed by atoms with Crippen molar-refractivity contribution in [3.8, 4) is 11.5 Å². The molecule has 0 atom stereocenters. The van der Waals surface area contributed by atoms with Gasteiger partial charge in [0.05, 0.1) is 12.8 Å². The van der Waals surface area contributed by atoms with Crippen LogP contribution >= 0.6 is 0 Å². The van der Waals surface area contributed by atoms with Gasteiger partial charge in [0, 0.05) is 12.6 Å². The van der Waals surface area contributed by atoms with Crippen LogP contribution in [0.3, 0.4) is 0 Å². The zero-order chi connectivity index (χ0) is 16.3. The summed E-state index contributed by atoms with van der Waals surface area (Å²) in [6.45, 7) is 1.26. The maximum Gasteiger partial charge on any atom is 0.272 e. The minimum Gasteiger partial charge on any atom is -0.507 e. The number of aromatic hydroxyl groups is 1. The van der Waals surface area contributed by atoms with Crippen molar-refractivity contribution in [3.63, 3.8) is 0 Å². The third kappa shape index (κ3) is 2.85. The standard InChI is InChI=1S/C16H16N2O4/c1-10(19)18(12-8-6-11(17)7-9-12)16(21)15-13(20)4-3-5-14(15)22-2/h3-9,20H,17H2,1-2H3. The summed E-state index contributed by atoms with van der Waals surface area (Å²) in [5.74, 6) is -1.23. The van der Waals surface area contributed by atoms with Crippen molar-refractivity contribution in [3.05, 3.63) is 48.0 Å². The Morgan fingerprint density at radius 3 is 2.32 bits per heavy atom. The molecule has 0 radical (unpaired) electrons. The van der Waals surface area contributed by atoms with E-state index in [2.05, 4.69) is 0 Å². The molecule has 0 aromatic heterocycles. The van der Waals surface area contributed by atoms with E-state index in [1.807, 2.05) is 0 Å². The third-order valence-electron chi connectivity index (χ3n) is 3.11. The lowest BCUT2D eigenvalue weighted by Crippen LogP contribution is -2.35. The average molecular weight is 300 g/mol. The molecule has 0 unspecified atom stereocenters. The molecule has 2 amide bonds. The van der Waals surface area contributed by atoms with Gasteiger partial charge in [-0.25, -0.2) is 4.90 Å². The Bertz CT molecular complexity index is 711. The molecular weight excluding hydrogens is 284 g/mol.